The molecule has 2 heterocycles. The van der Waals surface area contributed by atoms with E-state index in [1.54, 1.807) is 36.7 Å². The minimum absolute atomic E-state index is 0.196. The number of hydrogen-bond donors (Lipinski definition) is 1. The highest BCUT2D eigenvalue weighted by Gasteiger charge is 2.26. The fourth-order valence-electron chi connectivity index (χ4n) is 4.09. The molecule has 34 heavy (non-hydrogen) atoms. The Morgan fingerprint density at radius 1 is 1.03 bits per heavy atom. The van der Waals surface area contributed by atoms with Crippen molar-refractivity contribution >= 4 is 15.9 Å². The number of sulfonamides is 1. The van der Waals surface area contributed by atoms with Crippen molar-refractivity contribution in [2.75, 3.05) is 13.1 Å². The third kappa shape index (κ3) is 5.46. The zero-order chi connectivity index (χ0) is 24.1. The quantitative estimate of drug-likeness (QED) is 0.528. The maximum absolute atomic E-state index is 12.8. The summed E-state index contributed by atoms with van der Waals surface area (Å²) < 4.78 is 32.8. The van der Waals surface area contributed by atoms with E-state index in [0.717, 1.165) is 40.8 Å². The lowest BCUT2D eigenvalue weighted by Crippen LogP contribution is -2.28. The fraction of sp³-hybridized carbons (Fsp3) is 0.308. The number of pyridine rings is 1. The second kappa shape index (κ2) is 10.4. The van der Waals surface area contributed by atoms with Crippen LogP contribution in [0.15, 0.2) is 65.8 Å². The van der Waals surface area contributed by atoms with Crippen LogP contribution in [-0.4, -0.2) is 36.7 Å². The van der Waals surface area contributed by atoms with Crippen LogP contribution in [0.4, 0.5) is 0 Å². The van der Waals surface area contributed by atoms with Gasteiger partial charge in [-0.3, -0.25) is 9.78 Å². The number of hydrogen-bond acceptors (Lipinski definition) is 5. The van der Waals surface area contributed by atoms with Crippen LogP contribution in [-0.2, 0) is 23.2 Å². The number of nitrogens with one attached hydrogen (secondary N) is 1. The van der Waals surface area contributed by atoms with Crippen molar-refractivity contribution in [3.63, 3.8) is 0 Å². The normalized spacial score (nSPS) is 14.2. The molecule has 1 aliphatic heterocycles. The first kappa shape index (κ1) is 23.9. The summed E-state index contributed by atoms with van der Waals surface area (Å²) in [5, 5.41) is 2.91. The van der Waals surface area contributed by atoms with Crippen LogP contribution in [0, 0.1) is 13.8 Å². The standard InChI is InChI=1S/C26H29N3O4S/c1-19-14-23(15-20(2)25(19)33-18-22-6-5-11-27-16-22)26(30)28-17-21-7-9-24(10-8-21)34(31,32)29-12-3-4-13-29/h5-11,14-16H,3-4,12-13,17-18H2,1-2H3,(H,28,30). The molecule has 178 valence electrons. The Bertz CT molecular complexity index is 1230. The Morgan fingerprint density at radius 2 is 1.71 bits per heavy atom. The van der Waals surface area contributed by atoms with Gasteiger partial charge in [0.25, 0.3) is 5.91 Å². The van der Waals surface area contributed by atoms with Gasteiger partial charge in [0.1, 0.15) is 12.4 Å². The van der Waals surface area contributed by atoms with E-state index >= 15 is 0 Å². The zero-order valence-corrected chi connectivity index (χ0v) is 20.3. The molecule has 0 atom stereocenters. The number of amides is 1. The average molecular weight is 480 g/mol. The monoisotopic (exact) mass is 479 g/mol. The van der Waals surface area contributed by atoms with Gasteiger partial charge in [0.2, 0.25) is 10.0 Å². The van der Waals surface area contributed by atoms with Crippen LogP contribution in [0.3, 0.4) is 0 Å². The number of benzene rings is 2. The lowest BCUT2D eigenvalue weighted by molar-refractivity contribution is 0.0950. The smallest absolute Gasteiger partial charge is 0.251 e. The largest absolute Gasteiger partial charge is 0.488 e. The van der Waals surface area contributed by atoms with Crippen molar-refractivity contribution in [3.05, 3.63) is 88.7 Å². The van der Waals surface area contributed by atoms with E-state index in [9.17, 15) is 13.2 Å². The SMILES string of the molecule is Cc1cc(C(=O)NCc2ccc(S(=O)(=O)N3CCCC3)cc2)cc(C)c1OCc1cccnc1. The molecule has 7 nitrogen and oxygen atoms in total. The van der Waals surface area contributed by atoms with Gasteiger partial charge in [0.15, 0.2) is 0 Å². The molecule has 1 aromatic heterocycles. The van der Waals surface area contributed by atoms with E-state index in [4.69, 9.17) is 4.74 Å². The molecule has 2 aromatic carbocycles. The highest BCUT2D eigenvalue weighted by Crippen LogP contribution is 2.26. The molecule has 1 fully saturated rings. The number of nitrogens with zero attached hydrogens (tertiary/aromatic N) is 2. The first-order chi connectivity index (χ1) is 16.3. The van der Waals surface area contributed by atoms with Crippen molar-refractivity contribution in [2.45, 2.75) is 44.7 Å². The molecule has 0 unspecified atom stereocenters. The number of carbonyl (C=O) groups is 1. The molecular formula is C26H29N3O4S. The van der Waals surface area contributed by atoms with E-state index in [-0.39, 0.29) is 10.8 Å². The van der Waals surface area contributed by atoms with Gasteiger partial charge in [0.05, 0.1) is 4.90 Å². The minimum atomic E-state index is -3.44. The summed E-state index contributed by atoms with van der Waals surface area (Å²) in [5.41, 5.74) is 4.12. The highest BCUT2D eigenvalue weighted by molar-refractivity contribution is 7.89. The molecule has 3 aromatic rings. The maximum atomic E-state index is 12.8. The van der Waals surface area contributed by atoms with Crippen LogP contribution in [0.5, 0.6) is 5.75 Å². The summed E-state index contributed by atoms with van der Waals surface area (Å²) in [6, 6.07) is 14.2. The molecule has 0 bridgehead atoms. The molecule has 0 aliphatic carbocycles. The molecular weight excluding hydrogens is 450 g/mol. The number of rotatable bonds is 8. The van der Waals surface area contributed by atoms with Gasteiger partial charge in [0, 0.05) is 43.2 Å². The summed E-state index contributed by atoms with van der Waals surface area (Å²) in [4.78, 5) is 17.1. The van der Waals surface area contributed by atoms with Crippen molar-refractivity contribution < 1.29 is 17.9 Å². The van der Waals surface area contributed by atoms with Crippen LogP contribution >= 0.6 is 0 Å². The van der Waals surface area contributed by atoms with Gasteiger partial charge in [-0.2, -0.15) is 4.31 Å². The van der Waals surface area contributed by atoms with Crippen molar-refractivity contribution in [2.24, 2.45) is 0 Å². The first-order valence-corrected chi connectivity index (χ1v) is 12.8. The van der Waals surface area contributed by atoms with Crippen LogP contribution in [0.1, 0.15) is 45.5 Å². The zero-order valence-electron chi connectivity index (χ0n) is 19.5. The summed E-state index contributed by atoms with van der Waals surface area (Å²) in [5.74, 6) is 0.564. The molecule has 0 radical (unpaired) electrons. The van der Waals surface area contributed by atoms with E-state index in [2.05, 4.69) is 10.3 Å². The Hall–Kier alpha value is -3.23. The van der Waals surface area contributed by atoms with Gasteiger partial charge in [-0.25, -0.2) is 8.42 Å². The Labute approximate surface area is 200 Å². The Morgan fingerprint density at radius 3 is 2.32 bits per heavy atom. The average Bonchev–Trinajstić information content (AvgIpc) is 3.39. The van der Waals surface area contributed by atoms with Crippen molar-refractivity contribution in [1.29, 1.82) is 0 Å². The molecule has 1 amide bonds. The van der Waals surface area contributed by atoms with E-state index in [1.165, 1.54) is 4.31 Å². The second-order valence-corrected chi connectivity index (χ2v) is 10.5. The third-order valence-electron chi connectivity index (χ3n) is 5.91. The van der Waals surface area contributed by atoms with Crippen LogP contribution in [0.25, 0.3) is 0 Å². The molecule has 1 saturated heterocycles. The molecule has 8 heteroatoms. The lowest BCUT2D eigenvalue weighted by Gasteiger charge is -2.16. The van der Waals surface area contributed by atoms with Gasteiger partial charge in [-0.05, 0) is 73.7 Å². The van der Waals surface area contributed by atoms with Crippen LogP contribution < -0.4 is 10.1 Å². The van der Waals surface area contributed by atoms with E-state index < -0.39 is 10.0 Å². The summed E-state index contributed by atoms with van der Waals surface area (Å²) >= 11 is 0. The highest BCUT2D eigenvalue weighted by atomic mass is 32.2. The predicted octanol–water partition coefficient (Wildman–Crippen LogP) is 3.99. The number of aromatic nitrogens is 1. The fourth-order valence-corrected chi connectivity index (χ4v) is 5.61. The van der Waals surface area contributed by atoms with Crippen molar-refractivity contribution in [3.8, 4) is 5.75 Å². The molecule has 0 spiro atoms. The second-order valence-electron chi connectivity index (χ2n) is 8.53. The Balaban J connectivity index is 1.37. The van der Waals surface area contributed by atoms with E-state index in [0.29, 0.717) is 31.8 Å². The molecule has 0 saturated carbocycles. The summed E-state index contributed by atoms with van der Waals surface area (Å²) in [7, 11) is -3.44. The molecule has 1 N–H and O–H groups in total. The van der Waals surface area contributed by atoms with Gasteiger partial charge in [-0.1, -0.05) is 18.2 Å². The minimum Gasteiger partial charge on any atom is -0.488 e. The van der Waals surface area contributed by atoms with Gasteiger partial charge < -0.3 is 10.1 Å². The predicted molar refractivity (Wildman–Crippen MR) is 130 cm³/mol. The summed E-state index contributed by atoms with van der Waals surface area (Å²) in [6.45, 7) is 5.70. The van der Waals surface area contributed by atoms with Gasteiger partial charge in [-0.15, -0.1) is 0 Å². The maximum Gasteiger partial charge on any atom is 0.251 e. The first-order valence-electron chi connectivity index (χ1n) is 11.3. The molecule has 4 rings (SSSR count). The van der Waals surface area contributed by atoms with Crippen LogP contribution in [0.2, 0.25) is 0 Å². The molecule has 1 aliphatic rings. The lowest BCUT2D eigenvalue weighted by atomic mass is 10.0. The number of carbonyl (C=O) groups excluding carboxylic acids is 1. The Kier molecular flexibility index (Phi) is 7.29. The topological polar surface area (TPSA) is 88.6 Å². The van der Waals surface area contributed by atoms with Gasteiger partial charge >= 0.3 is 0 Å². The van der Waals surface area contributed by atoms with E-state index in [1.807, 2.05) is 38.1 Å². The number of aryl methyl sites for hydroxylation is 2. The number of ether oxygens (including phenoxy) is 1. The third-order valence-corrected chi connectivity index (χ3v) is 7.82. The van der Waals surface area contributed by atoms with Crippen molar-refractivity contribution in [1.82, 2.24) is 14.6 Å². The summed E-state index contributed by atoms with van der Waals surface area (Å²) in [6.07, 6.45) is 5.29.